The smallest absolute Gasteiger partial charge is 0.310 e. The predicted molar refractivity (Wildman–Crippen MR) is 77.0 cm³/mol. The molecule has 1 fully saturated rings. The zero-order chi connectivity index (χ0) is 14.2. The van der Waals surface area contributed by atoms with Gasteiger partial charge in [0.15, 0.2) is 0 Å². The minimum absolute atomic E-state index is 0.00997. The van der Waals surface area contributed by atoms with Gasteiger partial charge in [-0.05, 0) is 32.1 Å². The Kier molecular flexibility index (Phi) is 3.96. The average Bonchev–Trinajstić information content (AvgIpc) is 2.70. The van der Waals surface area contributed by atoms with Crippen molar-refractivity contribution >= 4 is 23.0 Å². The van der Waals surface area contributed by atoms with Crippen LogP contribution in [0, 0.1) is 16.0 Å². The maximum atomic E-state index is 11.2. The van der Waals surface area contributed by atoms with Crippen LogP contribution in [0.5, 0.6) is 0 Å². The lowest BCUT2D eigenvalue weighted by Crippen LogP contribution is -2.34. The minimum atomic E-state index is -0.397. The van der Waals surface area contributed by atoms with E-state index in [0.717, 1.165) is 13.1 Å². The fraction of sp³-hybridized carbons (Fsp3) is 0.538. The van der Waals surface area contributed by atoms with Crippen molar-refractivity contribution in [3.63, 3.8) is 0 Å². The number of benzene rings is 1. The summed E-state index contributed by atoms with van der Waals surface area (Å²) in [6.07, 6.45) is 0. The predicted octanol–water partition coefficient (Wildman–Crippen LogP) is 2.63. The van der Waals surface area contributed by atoms with E-state index in [4.69, 9.17) is 11.6 Å². The van der Waals surface area contributed by atoms with E-state index in [1.165, 1.54) is 0 Å². The van der Waals surface area contributed by atoms with Gasteiger partial charge in [-0.15, -0.1) is 0 Å². The van der Waals surface area contributed by atoms with Crippen molar-refractivity contribution < 1.29 is 4.92 Å². The lowest BCUT2D eigenvalue weighted by Gasteiger charge is -2.23. The summed E-state index contributed by atoms with van der Waals surface area (Å²) in [6, 6.07) is 5.50. The summed E-state index contributed by atoms with van der Waals surface area (Å²) in [7, 11) is 4.08. The van der Waals surface area contributed by atoms with Crippen molar-refractivity contribution in [3.05, 3.63) is 33.3 Å². The SMILES string of the molecule is CC1CN(c2cccc(Cl)c2[N+](=O)[O-])CC1N(C)C. The molecule has 1 aliphatic heterocycles. The molecule has 104 valence electrons. The first-order valence-electron chi connectivity index (χ1n) is 6.26. The van der Waals surface area contributed by atoms with Gasteiger partial charge in [-0.1, -0.05) is 24.6 Å². The van der Waals surface area contributed by atoms with Gasteiger partial charge in [0.25, 0.3) is 0 Å². The van der Waals surface area contributed by atoms with Gasteiger partial charge in [-0.2, -0.15) is 0 Å². The summed E-state index contributed by atoms with van der Waals surface area (Å²) in [5.41, 5.74) is 0.629. The van der Waals surface area contributed by atoms with Gasteiger partial charge < -0.3 is 9.80 Å². The van der Waals surface area contributed by atoms with Crippen molar-refractivity contribution in [3.8, 4) is 0 Å². The first-order valence-corrected chi connectivity index (χ1v) is 6.64. The summed E-state index contributed by atoms with van der Waals surface area (Å²) in [4.78, 5) is 15.0. The fourth-order valence-corrected chi connectivity index (χ4v) is 3.00. The molecule has 0 bridgehead atoms. The molecule has 0 aliphatic carbocycles. The van der Waals surface area contributed by atoms with E-state index >= 15 is 0 Å². The average molecular weight is 284 g/mol. The molecule has 0 amide bonds. The van der Waals surface area contributed by atoms with Crippen LogP contribution in [0.25, 0.3) is 0 Å². The third-order valence-corrected chi connectivity index (χ3v) is 4.03. The maximum absolute atomic E-state index is 11.2. The van der Waals surface area contributed by atoms with E-state index in [-0.39, 0.29) is 10.7 Å². The number of nitrogens with zero attached hydrogens (tertiary/aromatic N) is 3. The van der Waals surface area contributed by atoms with Gasteiger partial charge in [0.05, 0.1) is 4.92 Å². The fourth-order valence-electron chi connectivity index (χ4n) is 2.76. The molecular weight excluding hydrogens is 266 g/mol. The number of nitro groups is 1. The van der Waals surface area contributed by atoms with Crippen LogP contribution in [0.3, 0.4) is 0 Å². The molecule has 0 radical (unpaired) electrons. The Bertz CT molecular complexity index is 493. The Morgan fingerprint density at radius 2 is 2.11 bits per heavy atom. The van der Waals surface area contributed by atoms with Gasteiger partial charge in [0.1, 0.15) is 10.7 Å². The molecule has 2 unspecified atom stereocenters. The number of para-hydroxylation sites is 1. The molecule has 1 heterocycles. The van der Waals surface area contributed by atoms with Gasteiger partial charge in [0, 0.05) is 19.1 Å². The van der Waals surface area contributed by atoms with Gasteiger partial charge >= 0.3 is 5.69 Å². The molecular formula is C13H18ClN3O2. The maximum Gasteiger partial charge on any atom is 0.310 e. The first kappa shape index (κ1) is 14.1. The van der Waals surface area contributed by atoms with Crippen LogP contribution in [0.15, 0.2) is 18.2 Å². The first-order chi connectivity index (χ1) is 8.91. The van der Waals surface area contributed by atoms with Crippen molar-refractivity contribution in [1.82, 2.24) is 4.90 Å². The van der Waals surface area contributed by atoms with Crippen LogP contribution in [0.1, 0.15) is 6.92 Å². The largest absolute Gasteiger partial charge is 0.364 e. The summed E-state index contributed by atoms with van der Waals surface area (Å²) < 4.78 is 0. The number of hydrogen-bond donors (Lipinski definition) is 0. The highest BCUT2D eigenvalue weighted by Crippen LogP contribution is 2.37. The van der Waals surface area contributed by atoms with E-state index in [0.29, 0.717) is 17.6 Å². The quantitative estimate of drug-likeness (QED) is 0.632. The Hall–Kier alpha value is -1.33. The molecule has 0 spiro atoms. The second-order valence-corrected chi connectivity index (χ2v) is 5.69. The minimum Gasteiger partial charge on any atom is -0.364 e. The third kappa shape index (κ3) is 2.67. The van der Waals surface area contributed by atoms with Crippen LogP contribution in [-0.4, -0.2) is 43.0 Å². The van der Waals surface area contributed by atoms with Crippen LogP contribution in [0.2, 0.25) is 5.02 Å². The molecule has 0 aromatic heterocycles. The summed E-state index contributed by atoms with van der Waals surface area (Å²) in [6.45, 7) is 3.76. The van der Waals surface area contributed by atoms with Crippen molar-refractivity contribution in [2.24, 2.45) is 5.92 Å². The lowest BCUT2D eigenvalue weighted by molar-refractivity contribution is -0.384. The summed E-state index contributed by atoms with van der Waals surface area (Å²) >= 11 is 5.96. The van der Waals surface area contributed by atoms with Crippen molar-refractivity contribution in [2.75, 3.05) is 32.1 Å². The molecule has 0 saturated carbocycles. The third-order valence-electron chi connectivity index (χ3n) is 3.72. The molecule has 1 aromatic carbocycles. The molecule has 19 heavy (non-hydrogen) atoms. The number of halogens is 1. The standard InChI is InChI=1S/C13H18ClN3O2/c1-9-7-16(8-12(9)15(2)3)11-6-4-5-10(14)13(11)17(18)19/h4-6,9,12H,7-8H2,1-3H3. The number of likely N-dealkylation sites (N-methyl/N-ethyl adjacent to an activating group) is 1. The topological polar surface area (TPSA) is 49.6 Å². The van der Waals surface area contributed by atoms with Crippen molar-refractivity contribution in [1.29, 1.82) is 0 Å². The van der Waals surface area contributed by atoms with E-state index in [2.05, 4.69) is 16.7 Å². The monoisotopic (exact) mass is 283 g/mol. The summed E-state index contributed by atoms with van der Waals surface area (Å²) in [5, 5.41) is 11.4. The van der Waals surface area contributed by atoms with Crippen LogP contribution < -0.4 is 4.90 Å². The molecule has 1 saturated heterocycles. The Labute approximate surface area is 117 Å². The molecule has 1 aromatic rings. The number of anilines is 1. The lowest BCUT2D eigenvalue weighted by atomic mass is 10.1. The Morgan fingerprint density at radius 1 is 1.42 bits per heavy atom. The van der Waals surface area contributed by atoms with Crippen molar-refractivity contribution in [2.45, 2.75) is 13.0 Å². The molecule has 6 heteroatoms. The van der Waals surface area contributed by atoms with E-state index in [9.17, 15) is 10.1 Å². The highest BCUT2D eigenvalue weighted by Gasteiger charge is 2.34. The molecule has 5 nitrogen and oxygen atoms in total. The van der Waals surface area contributed by atoms with Gasteiger partial charge in [-0.25, -0.2) is 0 Å². The highest BCUT2D eigenvalue weighted by molar-refractivity contribution is 6.33. The number of nitro benzene ring substituents is 1. The van der Waals surface area contributed by atoms with Crippen LogP contribution >= 0.6 is 11.6 Å². The zero-order valence-electron chi connectivity index (χ0n) is 11.3. The van der Waals surface area contributed by atoms with Crippen LogP contribution in [0.4, 0.5) is 11.4 Å². The van der Waals surface area contributed by atoms with Gasteiger partial charge in [0.2, 0.25) is 0 Å². The van der Waals surface area contributed by atoms with E-state index in [1.54, 1.807) is 18.2 Å². The second-order valence-electron chi connectivity index (χ2n) is 5.28. The number of hydrogen-bond acceptors (Lipinski definition) is 4. The molecule has 1 aliphatic rings. The molecule has 2 atom stereocenters. The highest BCUT2D eigenvalue weighted by atomic mass is 35.5. The Balaban J connectivity index is 2.34. The Morgan fingerprint density at radius 3 is 2.63 bits per heavy atom. The molecule has 0 N–H and O–H groups in total. The van der Waals surface area contributed by atoms with E-state index < -0.39 is 4.92 Å². The van der Waals surface area contributed by atoms with Crippen LogP contribution in [-0.2, 0) is 0 Å². The number of rotatable bonds is 3. The van der Waals surface area contributed by atoms with Gasteiger partial charge in [-0.3, -0.25) is 10.1 Å². The summed E-state index contributed by atoms with van der Waals surface area (Å²) in [5.74, 6) is 0.466. The van der Waals surface area contributed by atoms with E-state index in [1.807, 2.05) is 14.1 Å². The molecule has 2 rings (SSSR count). The second kappa shape index (κ2) is 5.35. The zero-order valence-corrected chi connectivity index (χ0v) is 12.1. The normalized spacial score (nSPS) is 23.1.